The van der Waals surface area contributed by atoms with Crippen LogP contribution in [0, 0.1) is 0 Å². The molecular weight excluding hydrogens is 450 g/mol. The van der Waals surface area contributed by atoms with Crippen molar-refractivity contribution in [2.45, 2.75) is 33.1 Å². The van der Waals surface area contributed by atoms with Gasteiger partial charge < -0.3 is 14.8 Å². The maximum Gasteiger partial charge on any atom is 0.256 e. The fraction of sp³-hybridized carbons (Fsp3) is 0.333. The Hall–Kier alpha value is -2.94. The minimum Gasteiger partial charge on any atom is -0.493 e. The first-order chi connectivity index (χ1) is 14.2. The third-order valence-electron chi connectivity index (χ3n) is 4.24. The molecule has 2 aromatic heterocycles. The van der Waals surface area contributed by atoms with Gasteiger partial charge in [-0.25, -0.2) is 9.97 Å². The SMILES string of the molecule is CCOc1c(Br)cc(C(=O)Nc2cc(C(C)(C)C)nn2-c2ncccn2)cc1OC. The smallest absolute Gasteiger partial charge is 0.256 e. The molecule has 9 heteroatoms. The van der Waals surface area contributed by atoms with Crippen LogP contribution in [0.25, 0.3) is 5.95 Å². The summed E-state index contributed by atoms with van der Waals surface area (Å²) in [7, 11) is 1.53. The van der Waals surface area contributed by atoms with Gasteiger partial charge in [0.2, 0.25) is 0 Å². The molecule has 0 aliphatic carbocycles. The third kappa shape index (κ3) is 4.62. The maximum atomic E-state index is 13.0. The molecule has 1 N–H and O–H groups in total. The van der Waals surface area contributed by atoms with Crippen molar-refractivity contribution in [3.63, 3.8) is 0 Å². The molecule has 0 radical (unpaired) electrons. The van der Waals surface area contributed by atoms with Crippen LogP contribution in [0.5, 0.6) is 11.5 Å². The summed E-state index contributed by atoms with van der Waals surface area (Å²) in [5.41, 5.74) is 0.988. The molecule has 1 amide bonds. The minimum atomic E-state index is -0.324. The molecule has 30 heavy (non-hydrogen) atoms. The lowest BCUT2D eigenvalue weighted by molar-refractivity contribution is 0.102. The van der Waals surface area contributed by atoms with Crippen LogP contribution in [0.4, 0.5) is 5.82 Å². The van der Waals surface area contributed by atoms with E-state index in [2.05, 4.69) is 36.3 Å². The first kappa shape index (κ1) is 21.8. The second-order valence-corrected chi connectivity index (χ2v) is 8.36. The number of carbonyl (C=O) groups is 1. The maximum absolute atomic E-state index is 13.0. The van der Waals surface area contributed by atoms with Crippen molar-refractivity contribution in [2.24, 2.45) is 0 Å². The van der Waals surface area contributed by atoms with Crippen molar-refractivity contribution in [2.75, 3.05) is 19.0 Å². The third-order valence-corrected chi connectivity index (χ3v) is 4.83. The number of halogens is 1. The normalized spacial score (nSPS) is 11.3. The van der Waals surface area contributed by atoms with Crippen LogP contribution in [0.2, 0.25) is 0 Å². The summed E-state index contributed by atoms with van der Waals surface area (Å²) < 4.78 is 13.1. The molecule has 0 saturated heterocycles. The van der Waals surface area contributed by atoms with Crippen molar-refractivity contribution < 1.29 is 14.3 Å². The van der Waals surface area contributed by atoms with Crippen molar-refractivity contribution in [3.05, 3.63) is 52.4 Å². The van der Waals surface area contributed by atoms with Crippen LogP contribution in [0.15, 0.2) is 41.1 Å². The Morgan fingerprint density at radius 3 is 2.50 bits per heavy atom. The first-order valence-electron chi connectivity index (χ1n) is 9.44. The van der Waals surface area contributed by atoms with Gasteiger partial charge in [0.15, 0.2) is 11.5 Å². The van der Waals surface area contributed by atoms with Gasteiger partial charge >= 0.3 is 0 Å². The standard InChI is InChI=1S/C21H24BrN5O3/c1-6-30-18-14(22)10-13(11-15(18)29-5)19(28)25-17-12-16(21(2,3)4)26-27(17)20-23-8-7-9-24-20/h7-12H,6H2,1-5H3,(H,25,28). The number of hydrogen-bond donors (Lipinski definition) is 1. The van der Waals surface area contributed by atoms with Crippen molar-refractivity contribution in [1.82, 2.24) is 19.7 Å². The van der Waals surface area contributed by atoms with E-state index in [0.717, 1.165) is 5.69 Å². The first-order valence-corrected chi connectivity index (χ1v) is 10.2. The molecule has 2 heterocycles. The van der Waals surface area contributed by atoms with E-state index in [0.29, 0.717) is 39.9 Å². The number of anilines is 1. The van der Waals surface area contributed by atoms with E-state index in [1.807, 2.05) is 33.8 Å². The molecule has 0 fully saturated rings. The topological polar surface area (TPSA) is 91.2 Å². The molecular formula is C21H24BrN5O3. The second kappa shape index (κ2) is 8.83. The lowest BCUT2D eigenvalue weighted by atomic mass is 9.92. The number of aromatic nitrogens is 4. The number of ether oxygens (including phenoxy) is 2. The van der Waals surface area contributed by atoms with E-state index in [1.165, 1.54) is 11.8 Å². The number of carbonyl (C=O) groups excluding carboxylic acids is 1. The summed E-state index contributed by atoms with van der Waals surface area (Å²) >= 11 is 3.45. The largest absolute Gasteiger partial charge is 0.493 e. The van der Waals surface area contributed by atoms with Gasteiger partial charge in [-0.3, -0.25) is 4.79 Å². The molecule has 0 bridgehead atoms. The molecule has 0 aliphatic heterocycles. The number of nitrogens with zero attached hydrogens (tertiary/aromatic N) is 4. The molecule has 0 atom stereocenters. The van der Waals surface area contributed by atoms with E-state index < -0.39 is 0 Å². The fourth-order valence-electron chi connectivity index (χ4n) is 2.71. The number of methoxy groups -OCH3 is 1. The Bertz CT molecular complexity index is 1040. The number of hydrogen-bond acceptors (Lipinski definition) is 6. The second-order valence-electron chi connectivity index (χ2n) is 7.50. The van der Waals surface area contributed by atoms with E-state index in [1.54, 1.807) is 30.6 Å². The van der Waals surface area contributed by atoms with Crippen molar-refractivity contribution >= 4 is 27.7 Å². The number of amides is 1. The van der Waals surface area contributed by atoms with Gasteiger partial charge in [0.05, 0.1) is 23.9 Å². The molecule has 0 unspecified atom stereocenters. The highest BCUT2D eigenvalue weighted by atomic mass is 79.9. The summed E-state index contributed by atoms with van der Waals surface area (Å²) in [6, 6.07) is 6.87. The zero-order chi connectivity index (χ0) is 21.9. The summed E-state index contributed by atoms with van der Waals surface area (Å²) in [5, 5.41) is 7.52. The van der Waals surface area contributed by atoms with Gasteiger partial charge in [0.25, 0.3) is 11.9 Å². The molecule has 3 aromatic rings. The van der Waals surface area contributed by atoms with Crippen LogP contribution in [0.3, 0.4) is 0 Å². The molecule has 0 aliphatic rings. The zero-order valence-electron chi connectivity index (χ0n) is 17.6. The predicted molar refractivity (Wildman–Crippen MR) is 118 cm³/mol. The monoisotopic (exact) mass is 473 g/mol. The number of rotatable bonds is 6. The van der Waals surface area contributed by atoms with Crippen molar-refractivity contribution in [1.29, 1.82) is 0 Å². The summed E-state index contributed by atoms with van der Waals surface area (Å²) in [5.74, 6) is 1.53. The minimum absolute atomic E-state index is 0.217. The molecule has 158 valence electrons. The van der Waals surface area contributed by atoms with E-state index in [4.69, 9.17) is 9.47 Å². The van der Waals surface area contributed by atoms with Gasteiger partial charge in [-0.15, -0.1) is 0 Å². The predicted octanol–water partition coefficient (Wildman–Crippen LogP) is 4.38. The summed E-state index contributed by atoms with van der Waals surface area (Å²) in [6.07, 6.45) is 3.25. The Morgan fingerprint density at radius 1 is 1.20 bits per heavy atom. The van der Waals surface area contributed by atoms with E-state index >= 15 is 0 Å². The molecule has 0 spiro atoms. The number of benzene rings is 1. The van der Waals surface area contributed by atoms with Gasteiger partial charge in [-0.2, -0.15) is 9.78 Å². The zero-order valence-corrected chi connectivity index (χ0v) is 19.1. The fourth-order valence-corrected chi connectivity index (χ4v) is 3.27. The highest BCUT2D eigenvalue weighted by Gasteiger charge is 2.23. The average Bonchev–Trinajstić information content (AvgIpc) is 3.14. The Kier molecular flexibility index (Phi) is 6.40. The quantitative estimate of drug-likeness (QED) is 0.570. The van der Waals surface area contributed by atoms with E-state index in [9.17, 15) is 4.79 Å². The van der Waals surface area contributed by atoms with Crippen LogP contribution in [0.1, 0.15) is 43.7 Å². The summed E-state index contributed by atoms with van der Waals surface area (Å²) in [6.45, 7) is 8.50. The molecule has 8 nitrogen and oxygen atoms in total. The van der Waals surface area contributed by atoms with Gasteiger partial charge in [0, 0.05) is 29.4 Å². The van der Waals surface area contributed by atoms with Gasteiger partial charge in [-0.1, -0.05) is 20.8 Å². The lowest BCUT2D eigenvalue weighted by Crippen LogP contribution is -2.16. The Balaban J connectivity index is 1.99. The molecule has 1 aromatic carbocycles. The lowest BCUT2D eigenvalue weighted by Gasteiger charge is -2.13. The van der Waals surface area contributed by atoms with E-state index in [-0.39, 0.29) is 11.3 Å². The highest BCUT2D eigenvalue weighted by Crippen LogP contribution is 2.37. The van der Waals surface area contributed by atoms with Gasteiger partial charge in [0.1, 0.15) is 5.82 Å². The average molecular weight is 474 g/mol. The van der Waals surface area contributed by atoms with Crippen LogP contribution in [-0.2, 0) is 5.41 Å². The summed E-state index contributed by atoms with van der Waals surface area (Å²) in [4.78, 5) is 21.5. The van der Waals surface area contributed by atoms with Crippen LogP contribution >= 0.6 is 15.9 Å². The Labute approximate surface area is 183 Å². The van der Waals surface area contributed by atoms with Gasteiger partial charge in [-0.05, 0) is 41.1 Å². The highest BCUT2D eigenvalue weighted by molar-refractivity contribution is 9.10. The van der Waals surface area contributed by atoms with Crippen molar-refractivity contribution in [3.8, 4) is 17.4 Å². The van der Waals surface area contributed by atoms with Crippen LogP contribution < -0.4 is 14.8 Å². The number of nitrogens with one attached hydrogen (secondary N) is 1. The molecule has 0 saturated carbocycles. The Morgan fingerprint density at radius 2 is 1.90 bits per heavy atom. The van der Waals surface area contributed by atoms with Crippen LogP contribution in [-0.4, -0.2) is 39.4 Å². The molecule has 3 rings (SSSR count).